The van der Waals surface area contributed by atoms with E-state index in [9.17, 15) is 9.90 Å². The molecular weight excluding hydrogens is 344 g/mol. The number of anilines is 1. The lowest BCUT2D eigenvalue weighted by Crippen LogP contribution is -2.69. The zero-order valence-electron chi connectivity index (χ0n) is 12.6. The van der Waals surface area contributed by atoms with Gasteiger partial charge in [0, 0.05) is 42.9 Å². The zero-order valence-corrected chi connectivity index (χ0v) is 14.2. The van der Waals surface area contributed by atoms with Gasteiger partial charge in [0.2, 0.25) is 0 Å². The van der Waals surface area contributed by atoms with Gasteiger partial charge in [0.05, 0.1) is 5.41 Å². The first kappa shape index (κ1) is 14.5. The highest BCUT2D eigenvalue weighted by Crippen LogP contribution is 2.73. The molecule has 1 aliphatic heterocycles. The molecule has 4 fully saturated rings. The van der Waals surface area contributed by atoms with Crippen molar-refractivity contribution in [3.63, 3.8) is 0 Å². The Morgan fingerprint density at radius 1 is 1.09 bits per heavy atom. The van der Waals surface area contributed by atoms with E-state index in [-0.39, 0.29) is 5.41 Å². The SMILES string of the molecule is O=C(O)C12CC(CN3CCN(c4ccc(Br)cc4)CC3)(C1)C2. The highest BCUT2D eigenvalue weighted by molar-refractivity contribution is 9.10. The van der Waals surface area contributed by atoms with Crippen molar-refractivity contribution in [2.75, 3.05) is 37.6 Å². The van der Waals surface area contributed by atoms with Crippen molar-refractivity contribution in [3.05, 3.63) is 28.7 Å². The van der Waals surface area contributed by atoms with Crippen LogP contribution in [-0.4, -0.2) is 48.7 Å². The van der Waals surface area contributed by atoms with Crippen LogP contribution < -0.4 is 4.90 Å². The van der Waals surface area contributed by atoms with Crippen molar-refractivity contribution >= 4 is 27.6 Å². The molecule has 22 heavy (non-hydrogen) atoms. The van der Waals surface area contributed by atoms with Crippen LogP contribution in [0.3, 0.4) is 0 Å². The van der Waals surface area contributed by atoms with E-state index in [1.165, 1.54) is 5.69 Å². The summed E-state index contributed by atoms with van der Waals surface area (Å²) in [5, 5.41) is 9.21. The smallest absolute Gasteiger partial charge is 0.309 e. The number of aliphatic carboxylic acids is 1. The summed E-state index contributed by atoms with van der Waals surface area (Å²) in [4.78, 5) is 16.1. The van der Waals surface area contributed by atoms with Crippen LogP contribution in [-0.2, 0) is 4.79 Å². The number of hydrogen-bond acceptors (Lipinski definition) is 3. The molecule has 1 N–H and O–H groups in total. The molecule has 118 valence electrons. The maximum atomic E-state index is 11.2. The van der Waals surface area contributed by atoms with Gasteiger partial charge >= 0.3 is 5.97 Å². The molecule has 0 spiro atoms. The number of benzene rings is 1. The zero-order chi connectivity index (χ0) is 15.4. The van der Waals surface area contributed by atoms with Gasteiger partial charge in [0.25, 0.3) is 0 Å². The molecule has 3 aliphatic carbocycles. The number of carboxylic acid groups (broad SMARTS) is 1. The highest BCUT2D eigenvalue weighted by atomic mass is 79.9. The molecule has 0 amide bonds. The van der Waals surface area contributed by atoms with E-state index in [1.54, 1.807) is 0 Å². The summed E-state index contributed by atoms with van der Waals surface area (Å²) < 4.78 is 1.12. The van der Waals surface area contributed by atoms with Crippen LogP contribution >= 0.6 is 15.9 Å². The molecule has 0 unspecified atom stereocenters. The second-order valence-corrected chi connectivity index (χ2v) is 8.27. The van der Waals surface area contributed by atoms with E-state index in [0.29, 0.717) is 5.41 Å². The van der Waals surface area contributed by atoms with Gasteiger partial charge < -0.3 is 10.0 Å². The van der Waals surface area contributed by atoms with Crippen LogP contribution in [0, 0.1) is 10.8 Å². The van der Waals surface area contributed by atoms with E-state index < -0.39 is 5.97 Å². The second-order valence-electron chi connectivity index (χ2n) is 7.36. The van der Waals surface area contributed by atoms with Gasteiger partial charge in [-0.25, -0.2) is 0 Å². The van der Waals surface area contributed by atoms with E-state index in [2.05, 4.69) is 50.0 Å². The third-order valence-electron chi connectivity index (χ3n) is 5.72. The van der Waals surface area contributed by atoms with Crippen molar-refractivity contribution < 1.29 is 9.90 Å². The maximum absolute atomic E-state index is 11.2. The molecule has 5 heteroatoms. The van der Waals surface area contributed by atoms with Crippen LogP contribution in [0.1, 0.15) is 19.3 Å². The Morgan fingerprint density at radius 2 is 1.68 bits per heavy atom. The topological polar surface area (TPSA) is 43.8 Å². The Morgan fingerprint density at radius 3 is 2.23 bits per heavy atom. The fourth-order valence-electron chi connectivity index (χ4n) is 4.68. The Hall–Kier alpha value is -1.07. The van der Waals surface area contributed by atoms with Gasteiger partial charge in [-0.1, -0.05) is 15.9 Å². The summed E-state index contributed by atoms with van der Waals surface area (Å²) in [7, 11) is 0. The standard InChI is InChI=1S/C17H21BrN2O2/c18-13-1-3-14(4-2-13)20-7-5-19(6-8-20)12-16-9-17(10-16,11-16)15(21)22/h1-4H,5-12H2,(H,21,22). The summed E-state index contributed by atoms with van der Waals surface area (Å²) in [6.45, 7) is 5.37. The quantitative estimate of drug-likeness (QED) is 0.891. The fourth-order valence-corrected chi connectivity index (χ4v) is 4.95. The van der Waals surface area contributed by atoms with Crippen LogP contribution in [0.2, 0.25) is 0 Å². The van der Waals surface area contributed by atoms with E-state index >= 15 is 0 Å². The van der Waals surface area contributed by atoms with Crippen molar-refractivity contribution in [1.29, 1.82) is 0 Å². The average Bonchev–Trinajstić information content (AvgIpc) is 2.42. The largest absolute Gasteiger partial charge is 0.481 e. The van der Waals surface area contributed by atoms with Crippen molar-refractivity contribution in [2.45, 2.75) is 19.3 Å². The van der Waals surface area contributed by atoms with Crippen LogP contribution in [0.5, 0.6) is 0 Å². The number of nitrogens with zero attached hydrogens (tertiary/aromatic N) is 2. The summed E-state index contributed by atoms with van der Waals surface area (Å²) in [6.07, 6.45) is 2.72. The summed E-state index contributed by atoms with van der Waals surface area (Å²) >= 11 is 3.48. The number of carboxylic acids is 1. The molecule has 5 rings (SSSR count). The molecule has 0 radical (unpaired) electrons. The van der Waals surface area contributed by atoms with Gasteiger partial charge in [-0.2, -0.15) is 0 Å². The van der Waals surface area contributed by atoms with Crippen LogP contribution in [0.15, 0.2) is 28.7 Å². The molecule has 1 heterocycles. The average molecular weight is 365 g/mol. The first-order chi connectivity index (χ1) is 10.5. The van der Waals surface area contributed by atoms with Gasteiger partial charge in [-0.3, -0.25) is 9.69 Å². The minimum atomic E-state index is -0.575. The number of rotatable bonds is 4. The monoisotopic (exact) mass is 364 g/mol. The molecule has 3 saturated carbocycles. The van der Waals surface area contributed by atoms with Crippen molar-refractivity contribution in [1.82, 2.24) is 4.90 Å². The first-order valence-electron chi connectivity index (χ1n) is 7.97. The lowest BCUT2D eigenvalue weighted by molar-refractivity contribution is -0.228. The Bertz CT molecular complexity index is 573. The molecule has 0 atom stereocenters. The number of hydrogen-bond donors (Lipinski definition) is 1. The third-order valence-corrected chi connectivity index (χ3v) is 6.25. The van der Waals surface area contributed by atoms with Gasteiger partial charge in [-0.15, -0.1) is 0 Å². The predicted molar refractivity (Wildman–Crippen MR) is 89.1 cm³/mol. The Balaban J connectivity index is 1.29. The van der Waals surface area contributed by atoms with E-state index in [0.717, 1.165) is 56.5 Å². The Kier molecular flexibility index (Phi) is 3.28. The summed E-state index contributed by atoms with van der Waals surface area (Å²) in [5.41, 5.74) is 1.29. The molecule has 0 aromatic heterocycles. The number of piperazine rings is 1. The molecule has 4 aliphatic rings. The van der Waals surface area contributed by atoms with Crippen LogP contribution in [0.4, 0.5) is 5.69 Å². The minimum Gasteiger partial charge on any atom is -0.481 e. The molecule has 1 aromatic rings. The van der Waals surface area contributed by atoms with E-state index in [1.807, 2.05) is 0 Å². The highest BCUT2D eigenvalue weighted by Gasteiger charge is 2.71. The summed E-state index contributed by atoms with van der Waals surface area (Å²) in [5.74, 6) is -0.575. The maximum Gasteiger partial charge on any atom is 0.309 e. The lowest BCUT2D eigenvalue weighted by Gasteiger charge is -2.69. The fraction of sp³-hybridized carbons (Fsp3) is 0.588. The predicted octanol–water partition coefficient (Wildman–Crippen LogP) is 2.83. The number of carbonyl (C=O) groups is 1. The molecule has 4 nitrogen and oxygen atoms in total. The first-order valence-corrected chi connectivity index (χ1v) is 8.76. The minimum absolute atomic E-state index is 0.332. The van der Waals surface area contributed by atoms with Gasteiger partial charge in [0.15, 0.2) is 0 Å². The van der Waals surface area contributed by atoms with Gasteiger partial charge in [0.1, 0.15) is 0 Å². The van der Waals surface area contributed by atoms with Crippen molar-refractivity contribution in [2.24, 2.45) is 10.8 Å². The van der Waals surface area contributed by atoms with Crippen LogP contribution in [0.25, 0.3) is 0 Å². The number of halogens is 1. The normalized spacial score (nSPS) is 34.0. The lowest BCUT2D eigenvalue weighted by atomic mass is 9.35. The molecular formula is C17H21BrN2O2. The summed E-state index contributed by atoms with van der Waals surface area (Å²) in [6, 6.07) is 8.51. The third kappa shape index (κ3) is 2.26. The van der Waals surface area contributed by atoms with Gasteiger partial charge in [-0.05, 0) is 48.9 Å². The Labute approximate surface area is 139 Å². The molecule has 1 saturated heterocycles. The van der Waals surface area contributed by atoms with E-state index in [4.69, 9.17) is 0 Å². The molecule has 2 bridgehead atoms. The molecule has 1 aromatic carbocycles. The second kappa shape index (κ2) is 4.96. The van der Waals surface area contributed by atoms with Crippen molar-refractivity contribution in [3.8, 4) is 0 Å².